The van der Waals surface area contributed by atoms with E-state index in [1.165, 1.54) is 10.8 Å². The summed E-state index contributed by atoms with van der Waals surface area (Å²) in [6, 6.07) is 62.7. The van der Waals surface area contributed by atoms with Crippen LogP contribution in [0.2, 0.25) is 0 Å². The van der Waals surface area contributed by atoms with Gasteiger partial charge < -0.3 is 13.3 Å². The van der Waals surface area contributed by atoms with Crippen LogP contribution in [0.15, 0.2) is 195 Å². The third kappa shape index (κ3) is 4.73. The lowest BCUT2D eigenvalue weighted by Crippen LogP contribution is -2.07. The highest BCUT2D eigenvalue weighted by atomic mass is 16.3. The van der Waals surface area contributed by atoms with Gasteiger partial charge in [-0.1, -0.05) is 133 Å². The van der Waals surface area contributed by atoms with Crippen LogP contribution in [-0.4, -0.2) is 19.5 Å². The Balaban J connectivity index is 1.05. The average molecular weight is 795 g/mol. The molecule has 0 unspecified atom stereocenters. The van der Waals surface area contributed by atoms with E-state index in [0.29, 0.717) is 17.6 Å². The van der Waals surface area contributed by atoms with Crippen LogP contribution in [0.1, 0.15) is 0 Å². The Morgan fingerprint density at radius 3 is 1.63 bits per heavy atom. The standard InChI is InChI=1S/C55H30N4O3/c1-2-12-34-31(11-1)25-28-47-50(34)43-19-10-18-42(52(43)62-47)41-17-9-16-40-35-13-3-6-20-44(35)59(51(40)41)55-57-53(32-23-26-38-36-14-4-7-21-45(36)60-48(38)29-32)56-54(58-55)33-24-27-39-37-15-5-8-22-46(37)61-49(39)30-33/h1-30H. The van der Waals surface area contributed by atoms with Crippen molar-refractivity contribution in [2.75, 3.05) is 0 Å². The number of aromatic nitrogens is 4. The van der Waals surface area contributed by atoms with Crippen molar-refractivity contribution >= 4 is 98.4 Å². The van der Waals surface area contributed by atoms with Gasteiger partial charge >= 0.3 is 0 Å². The molecule has 5 heterocycles. The second-order valence-corrected chi connectivity index (χ2v) is 15.9. The SMILES string of the molecule is c1ccc2c(c1)ccc1oc3c(-c4cccc5c6ccccc6n(-c6nc(-c7ccc8c(c7)oc7ccccc78)nc(-c7ccc8c(c7)oc7ccccc78)n6)c45)cccc3c12. The van der Waals surface area contributed by atoms with Gasteiger partial charge in [-0.25, -0.2) is 4.98 Å². The molecule has 0 radical (unpaired) electrons. The predicted molar refractivity (Wildman–Crippen MR) is 250 cm³/mol. The average Bonchev–Trinajstić information content (AvgIpc) is 4.10. The van der Waals surface area contributed by atoms with E-state index in [1.807, 2.05) is 48.5 Å². The number of benzene rings is 9. The molecule has 0 saturated heterocycles. The quantitative estimate of drug-likeness (QED) is 0.176. The van der Waals surface area contributed by atoms with Crippen molar-refractivity contribution in [3.05, 3.63) is 182 Å². The largest absolute Gasteiger partial charge is 0.456 e. The van der Waals surface area contributed by atoms with E-state index in [-0.39, 0.29) is 0 Å². The highest BCUT2D eigenvalue weighted by Crippen LogP contribution is 2.44. The van der Waals surface area contributed by atoms with Crippen molar-refractivity contribution in [3.8, 4) is 39.9 Å². The monoisotopic (exact) mass is 794 g/mol. The summed E-state index contributed by atoms with van der Waals surface area (Å²) in [6.45, 7) is 0. The molecule has 0 fully saturated rings. The fourth-order valence-corrected chi connectivity index (χ4v) is 9.68. The second-order valence-electron chi connectivity index (χ2n) is 15.9. The molecule has 288 valence electrons. The summed E-state index contributed by atoms with van der Waals surface area (Å²) in [6.07, 6.45) is 0. The maximum atomic E-state index is 6.81. The normalized spacial score (nSPS) is 12.2. The van der Waals surface area contributed by atoms with Gasteiger partial charge in [0.1, 0.15) is 33.5 Å². The molecule has 0 saturated carbocycles. The van der Waals surface area contributed by atoms with Crippen LogP contribution in [0.4, 0.5) is 0 Å². The first-order valence-corrected chi connectivity index (χ1v) is 20.7. The van der Waals surface area contributed by atoms with Gasteiger partial charge in [-0.15, -0.1) is 0 Å². The van der Waals surface area contributed by atoms with Gasteiger partial charge in [-0.3, -0.25) is 4.57 Å². The van der Waals surface area contributed by atoms with E-state index in [0.717, 1.165) is 110 Å². The highest BCUT2D eigenvalue weighted by Gasteiger charge is 2.23. The van der Waals surface area contributed by atoms with E-state index in [1.54, 1.807) is 0 Å². The van der Waals surface area contributed by atoms with Crippen molar-refractivity contribution < 1.29 is 13.3 Å². The molecule has 0 aliphatic rings. The van der Waals surface area contributed by atoms with Gasteiger partial charge in [-0.2, -0.15) is 9.97 Å². The molecule has 14 aromatic rings. The Morgan fingerprint density at radius 2 is 0.919 bits per heavy atom. The molecule has 0 aliphatic carbocycles. The summed E-state index contributed by atoms with van der Waals surface area (Å²) in [4.78, 5) is 15.9. The third-order valence-corrected chi connectivity index (χ3v) is 12.5. The zero-order valence-electron chi connectivity index (χ0n) is 32.8. The van der Waals surface area contributed by atoms with Crippen molar-refractivity contribution in [1.82, 2.24) is 19.5 Å². The van der Waals surface area contributed by atoms with Crippen LogP contribution in [0.5, 0.6) is 0 Å². The molecule has 0 spiro atoms. The van der Waals surface area contributed by atoms with E-state index in [9.17, 15) is 0 Å². The lowest BCUT2D eigenvalue weighted by Gasteiger charge is -2.13. The first kappa shape index (κ1) is 33.3. The van der Waals surface area contributed by atoms with E-state index < -0.39 is 0 Å². The Morgan fingerprint density at radius 1 is 0.355 bits per heavy atom. The summed E-state index contributed by atoms with van der Waals surface area (Å²) in [5, 5.41) is 10.9. The Bertz CT molecular complexity index is 4060. The Hall–Kier alpha value is -8.55. The predicted octanol–water partition coefficient (Wildman–Crippen LogP) is 14.8. The number of nitrogens with zero attached hydrogens (tertiary/aromatic N) is 4. The van der Waals surface area contributed by atoms with Gasteiger partial charge in [0, 0.05) is 65.3 Å². The minimum absolute atomic E-state index is 0.487. The van der Waals surface area contributed by atoms with Gasteiger partial charge in [0.15, 0.2) is 11.6 Å². The minimum atomic E-state index is 0.487. The smallest absolute Gasteiger partial charge is 0.238 e. The molecule has 5 aromatic heterocycles. The number of para-hydroxylation sites is 5. The molecule has 7 heteroatoms. The van der Waals surface area contributed by atoms with Gasteiger partial charge in [0.25, 0.3) is 0 Å². The number of rotatable bonds is 4. The van der Waals surface area contributed by atoms with Crippen LogP contribution < -0.4 is 0 Å². The number of hydrogen-bond donors (Lipinski definition) is 0. The van der Waals surface area contributed by atoms with Crippen LogP contribution in [0.3, 0.4) is 0 Å². The van der Waals surface area contributed by atoms with Crippen LogP contribution in [0.25, 0.3) is 138 Å². The topological polar surface area (TPSA) is 83.0 Å². The second kappa shape index (κ2) is 12.5. The summed E-state index contributed by atoms with van der Waals surface area (Å²) >= 11 is 0. The molecular weight excluding hydrogens is 765 g/mol. The van der Waals surface area contributed by atoms with E-state index >= 15 is 0 Å². The molecule has 9 aromatic carbocycles. The van der Waals surface area contributed by atoms with E-state index in [4.69, 9.17) is 28.2 Å². The maximum Gasteiger partial charge on any atom is 0.238 e. The van der Waals surface area contributed by atoms with Crippen LogP contribution >= 0.6 is 0 Å². The number of hydrogen-bond acceptors (Lipinski definition) is 6. The van der Waals surface area contributed by atoms with Gasteiger partial charge in [0.2, 0.25) is 5.95 Å². The van der Waals surface area contributed by atoms with Crippen molar-refractivity contribution in [2.45, 2.75) is 0 Å². The van der Waals surface area contributed by atoms with Crippen molar-refractivity contribution in [3.63, 3.8) is 0 Å². The zero-order valence-corrected chi connectivity index (χ0v) is 32.8. The first-order valence-electron chi connectivity index (χ1n) is 20.7. The number of furan rings is 3. The molecule has 0 amide bonds. The van der Waals surface area contributed by atoms with Crippen LogP contribution in [-0.2, 0) is 0 Å². The van der Waals surface area contributed by atoms with E-state index in [2.05, 4.69) is 138 Å². The summed E-state index contributed by atoms with van der Waals surface area (Å²) in [5.41, 5.74) is 10.4. The molecule has 0 atom stereocenters. The lowest BCUT2D eigenvalue weighted by molar-refractivity contribution is 0.668. The fraction of sp³-hybridized carbons (Fsp3) is 0. The molecule has 0 bridgehead atoms. The maximum absolute atomic E-state index is 6.81. The molecule has 0 N–H and O–H groups in total. The zero-order chi connectivity index (χ0) is 40.5. The van der Waals surface area contributed by atoms with Crippen LogP contribution in [0, 0.1) is 0 Å². The molecular formula is C55H30N4O3. The summed E-state index contributed by atoms with van der Waals surface area (Å²) in [7, 11) is 0. The van der Waals surface area contributed by atoms with Gasteiger partial charge in [-0.05, 0) is 59.3 Å². The van der Waals surface area contributed by atoms with Crippen molar-refractivity contribution in [2.24, 2.45) is 0 Å². The fourth-order valence-electron chi connectivity index (χ4n) is 9.68. The van der Waals surface area contributed by atoms with Gasteiger partial charge in [0.05, 0.1) is 11.0 Å². The summed E-state index contributed by atoms with van der Waals surface area (Å²) < 4.78 is 21.7. The molecule has 62 heavy (non-hydrogen) atoms. The summed E-state index contributed by atoms with van der Waals surface area (Å²) in [5.74, 6) is 1.53. The molecule has 7 nitrogen and oxygen atoms in total. The first-order chi connectivity index (χ1) is 30.7. The Kier molecular flexibility index (Phi) is 6.71. The lowest BCUT2D eigenvalue weighted by atomic mass is 9.98. The molecule has 0 aliphatic heterocycles. The minimum Gasteiger partial charge on any atom is -0.456 e. The Labute approximate surface area is 351 Å². The highest BCUT2D eigenvalue weighted by molar-refractivity contribution is 6.22. The number of fused-ring (bicyclic) bond motifs is 14. The molecule has 14 rings (SSSR count). The third-order valence-electron chi connectivity index (χ3n) is 12.5. The van der Waals surface area contributed by atoms with Crippen molar-refractivity contribution in [1.29, 1.82) is 0 Å².